The first-order valence-electron chi connectivity index (χ1n) is 6.45. The molecule has 0 atom stereocenters. The van der Waals surface area contributed by atoms with Crippen molar-refractivity contribution in [2.45, 2.75) is 13.3 Å². The van der Waals surface area contributed by atoms with E-state index in [1.54, 1.807) is 18.2 Å². The summed E-state index contributed by atoms with van der Waals surface area (Å²) < 4.78 is 0. The monoisotopic (exact) mass is 303 g/mol. The molecule has 108 valence electrons. The predicted molar refractivity (Wildman–Crippen MR) is 82.2 cm³/mol. The summed E-state index contributed by atoms with van der Waals surface area (Å²) in [5.74, 6) is -1.56. The number of amides is 1. The lowest BCUT2D eigenvalue weighted by Crippen LogP contribution is -2.15. The van der Waals surface area contributed by atoms with Crippen LogP contribution >= 0.6 is 11.6 Å². The summed E-state index contributed by atoms with van der Waals surface area (Å²) in [7, 11) is 0. The molecule has 0 heterocycles. The molecule has 0 aliphatic rings. The Morgan fingerprint density at radius 1 is 1.14 bits per heavy atom. The topological polar surface area (TPSA) is 66.4 Å². The molecule has 21 heavy (non-hydrogen) atoms. The maximum Gasteiger partial charge on any atom is 0.339 e. The molecular weight excluding hydrogens is 290 g/mol. The number of carboxylic acids is 1. The quantitative estimate of drug-likeness (QED) is 0.901. The maximum atomic E-state index is 12.2. The number of carbonyl (C=O) groups is 2. The van der Waals surface area contributed by atoms with E-state index < -0.39 is 5.97 Å². The highest BCUT2D eigenvalue weighted by Crippen LogP contribution is 2.24. The normalized spacial score (nSPS) is 10.2. The molecule has 0 fully saturated rings. The Bertz CT molecular complexity index is 680. The fourth-order valence-corrected chi connectivity index (χ4v) is 2.19. The third-order valence-corrected chi connectivity index (χ3v) is 3.42. The van der Waals surface area contributed by atoms with E-state index in [0.717, 1.165) is 12.0 Å². The van der Waals surface area contributed by atoms with Crippen molar-refractivity contribution < 1.29 is 14.7 Å². The average Bonchev–Trinajstić information content (AvgIpc) is 2.47. The van der Waals surface area contributed by atoms with Crippen molar-refractivity contribution in [1.82, 2.24) is 0 Å². The second kappa shape index (κ2) is 6.41. The van der Waals surface area contributed by atoms with Crippen LogP contribution in [0.3, 0.4) is 0 Å². The first kappa shape index (κ1) is 15.1. The van der Waals surface area contributed by atoms with Gasteiger partial charge < -0.3 is 10.4 Å². The van der Waals surface area contributed by atoms with Crippen molar-refractivity contribution in [3.8, 4) is 0 Å². The average molecular weight is 304 g/mol. The Labute approximate surface area is 127 Å². The molecular formula is C16H14ClNO3. The number of halogens is 1. The molecule has 2 rings (SSSR count). The van der Waals surface area contributed by atoms with E-state index in [1.165, 1.54) is 12.1 Å². The number of aryl methyl sites for hydroxylation is 1. The van der Waals surface area contributed by atoms with Crippen molar-refractivity contribution in [3.63, 3.8) is 0 Å². The zero-order valence-electron chi connectivity index (χ0n) is 11.4. The molecule has 0 radical (unpaired) electrons. The second-order valence-electron chi connectivity index (χ2n) is 4.47. The van der Waals surface area contributed by atoms with Gasteiger partial charge in [-0.05, 0) is 36.2 Å². The zero-order valence-corrected chi connectivity index (χ0v) is 12.1. The van der Waals surface area contributed by atoms with Crippen LogP contribution in [0.5, 0.6) is 0 Å². The third-order valence-electron chi connectivity index (χ3n) is 3.10. The minimum absolute atomic E-state index is 0.0848. The van der Waals surface area contributed by atoms with Gasteiger partial charge in [-0.1, -0.05) is 36.7 Å². The molecule has 1 amide bonds. The van der Waals surface area contributed by atoms with Crippen LogP contribution in [0, 0.1) is 0 Å². The summed E-state index contributed by atoms with van der Waals surface area (Å²) in [6.07, 6.45) is 0.888. The van der Waals surface area contributed by atoms with Crippen LogP contribution < -0.4 is 5.32 Å². The molecule has 2 N–H and O–H groups in total. The maximum absolute atomic E-state index is 12.2. The molecule has 2 aromatic carbocycles. The molecule has 0 aromatic heterocycles. The Balaban J connectivity index is 2.27. The largest absolute Gasteiger partial charge is 0.478 e. The number of carboxylic acid groups (broad SMARTS) is 1. The third kappa shape index (κ3) is 3.41. The van der Waals surface area contributed by atoms with E-state index in [1.807, 2.05) is 19.1 Å². The minimum Gasteiger partial charge on any atom is -0.478 e. The summed E-state index contributed by atoms with van der Waals surface area (Å²) in [6.45, 7) is 2.03. The summed E-state index contributed by atoms with van der Waals surface area (Å²) >= 11 is 5.86. The first-order chi connectivity index (χ1) is 10.0. The van der Waals surface area contributed by atoms with Crippen molar-refractivity contribution in [2.75, 3.05) is 5.32 Å². The van der Waals surface area contributed by atoms with Crippen LogP contribution in [0.1, 0.15) is 33.2 Å². The first-order valence-corrected chi connectivity index (χ1v) is 6.82. The summed E-state index contributed by atoms with van der Waals surface area (Å²) in [4.78, 5) is 23.4. The van der Waals surface area contributed by atoms with Gasteiger partial charge in [-0.15, -0.1) is 0 Å². The van der Waals surface area contributed by atoms with Crippen LogP contribution in [0.15, 0.2) is 42.5 Å². The molecule has 0 spiro atoms. The van der Waals surface area contributed by atoms with Gasteiger partial charge in [-0.25, -0.2) is 4.79 Å². The van der Waals surface area contributed by atoms with E-state index in [9.17, 15) is 9.59 Å². The van der Waals surface area contributed by atoms with Gasteiger partial charge in [0.05, 0.1) is 10.7 Å². The Kier molecular flexibility index (Phi) is 4.60. The van der Waals surface area contributed by atoms with Crippen LogP contribution in [0.2, 0.25) is 5.02 Å². The van der Waals surface area contributed by atoms with Crippen molar-refractivity contribution in [2.24, 2.45) is 0 Å². The molecule has 5 heteroatoms. The van der Waals surface area contributed by atoms with E-state index in [-0.39, 0.29) is 22.2 Å². The van der Waals surface area contributed by atoms with Gasteiger partial charge in [0.2, 0.25) is 0 Å². The van der Waals surface area contributed by atoms with Gasteiger partial charge in [0.15, 0.2) is 0 Å². The second-order valence-corrected chi connectivity index (χ2v) is 4.88. The van der Waals surface area contributed by atoms with Gasteiger partial charge in [0.25, 0.3) is 5.91 Å². The zero-order chi connectivity index (χ0) is 15.4. The van der Waals surface area contributed by atoms with E-state index in [4.69, 9.17) is 16.7 Å². The Morgan fingerprint density at radius 3 is 2.38 bits per heavy atom. The van der Waals surface area contributed by atoms with Crippen LogP contribution in [-0.2, 0) is 6.42 Å². The molecule has 0 unspecified atom stereocenters. The summed E-state index contributed by atoms with van der Waals surface area (Å²) in [5.41, 5.74) is 1.65. The van der Waals surface area contributed by atoms with Crippen molar-refractivity contribution in [1.29, 1.82) is 0 Å². The molecule has 0 saturated carbocycles. The highest BCUT2D eigenvalue weighted by molar-refractivity contribution is 6.34. The fourth-order valence-electron chi connectivity index (χ4n) is 1.93. The number of rotatable bonds is 4. The highest BCUT2D eigenvalue weighted by atomic mass is 35.5. The van der Waals surface area contributed by atoms with Crippen LogP contribution in [0.4, 0.5) is 5.69 Å². The Hall–Kier alpha value is -2.33. The molecule has 0 bridgehead atoms. The van der Waals surface area contributed by atoms with E-state index >= 15 is 0 Å². The van der Waals surface area contributed by atoms with Crippen molar-refractivity contribution >= 4 is 29.2 Å². The number of hydrogen-bond donors (Lipinski definition) is 2. The molecule has 0 saturated heterocycles. The number of hydrogen-bond acceptors (Lipinski definition) is 2. The lowest BCUT2D eigenvalue weighted by atomic mass is 10.1. The molecule has 2 aromatic rings. The number of aromatic carboxylic acids is 1. The van der Waals surface area contributed by atoms with Gasteiger partial charge in [0.1, 0.15) is 5.56 Å². The summed E-state index contributed by atoms with van der Waals surface area (Å²) in [5, 5.41) is 11.8. The predicted octanol–water partition coefficient (Wildman–Crippen LogP) is 3.85. The highest BCUT2D eigenvalue weighted by Gasteiger charge is 2.16. The number of nitrogens with one attached hydrogen (secondary N) is 1. The number of anilines is 1. The molecule has 4 nitrogen and oxygen atoms in total. The van der Waals surface area contributed by atoms with Crippen LogP contribution in [-0.4, -0.2) is 17.0 Å². The minimum atomic E-state index is -1.18. The smallest absolute Gasteiger partial charge is 0.339 e. The SMILES string of the molecule is CCc1ccc(C(=O)Nc2cccc(Cl)c2C(=O)O)cc1. The van der Waals surface area contributed by atoms with Crippen LogP contribution in [0.25, 0.3) is 0 Å². The lowest BCUT2D eigenvalue weighted by molar-refractivity contribution is 0.0698. The Morgan fingerprint density at radius 2 is 1.81 bits per heavy atom. The van der Waals surface area contributed by atoms with E-state index in [0.29, 0.717) is 5.56 Å². The molecule has 0 aliphatic carbocycles. The number of benzene rings is 2. The van der Waals surface area contributed by atoms with E-state index in [2.05, 4.69) is 5.32 Å². The van der Waals surface area contributed by atoms with Gasteiger partial charge in [-0.3, -0.25) is 4.79 Å². The van der Waals surface area contributed by atoms with Gasteiger partial charge in [0, 0.05) is 5.56 Å². The van der Waals surface area contributed by atoms with Gasteiger partial charge >= 0.3 is 5.97 Å². The number of carbonyl (C=O) groups excluding carboxylic acids is 1. The fraction of sp³-hybridized carbons (Fsp3) is 0.125. The standard InChI is InChI=1S/C16H14ClNO3/c1-2-10-6-8-11(9-7-10)15(19)18-13-5-3-4-12(17)14(13)16(20)21/h3-9H,2H2,1H3,(H,18,19)(H,20,21). The lowest BCUT2D eigenvalue weighted by Gasteiger charge is -2.10. The summed E-state index contributed by atoms with van der Waals surface area (Å²) in [6, 6.07) is 11.7. The van der Waals surface area contributed by atoms with Crippen molar-refractivity contribution in [3.05, 3.63) is 64.2 Å². The van der Waals surface area contributed by atoms with Gasteiger partial charge in [-0.2, -0.15) is 0 Å². The molecule has 0 aliphatic heterocycles.